The second kappa shape index (κ2) is 5.79. The van der Waals surface area contributed by atoms with Crippen LogP contribution in [0.4, 0.5) is 0 Å². The summed E-state index contributed by atoms with van der Waals surface area (Å²) in [6, 6.07) is 14.5. The van der Waals surface area contributed by atoms with Gasteiger partial charge in [-0.25, -0.2) is 0 Å². The van der Waals surface area contributed by atoms with E-state index in [-0.39, 0.29) is 0 Å². The van der Waals surface area contributed by atoms with E-state index in [9.17, 15) is 0 Å². The maximum Gasteiger partial charge on any atom is 0.231 e. The Bertz CT molecular complexity index is 572. The van der Waals surface area contributed by atoms with E-state index in [2.05, 4.69) is 58.2 Å². The third-order valence-corrected chi connectivity index (χ3v) is 4.03. The van der Waals surface area contributed by atoms with Crippen LogP contribution in [0.3, 0.4) is 0 Å². The number of halogens is 1. The van der Waals surface area contributed by atoms with Crippen LogP contribution in [0.1, 0.15) is 11.1 Å². The van der Waals surface area contributed by atoms with Gasteiger partial charge in [0.25, 0.3) is 0 Å². The van der Waals surface area contributed by atoms with Crippen LogP contribution in [-0.2, 0) is 13.1 Å². The molecule has 0 radical (unpaired) electrons. The van der Waals surface area contributed by atoms with Gasteiger partial charge in [-0.3, -0.25) is 0 Å². The predicted molar refractivity (Wildman–Crippen MR) is 82.3 cm³/mol. The minimum absolute atomic E-state index is 0.326. The molecule has 0 saturated carbocycles. The zero-order valence-corrected chi connectivity index (χ0v) is 12.5. The monoisotopic (exact) mass is 367 g/mol. The molecule has 19 heavy (non-hydrogen) atoms. The highest BCUT2D eigenvalue weighted by Gasteiger charge is 2.15. The average molecular weight is 367 g/mol. The molecule has 0 saturated heterocycles. The standard InChI is InChI=1S/C15H14INO2/c16-13-7-15-14(18-10-19-15)6-12(13)9-17-8-11-4-2-1-3-5-11/h1-7,17H,8-10H2. The molecule has 1 heterocycles. The first kappa shape index (κ1) is 12.7. The van der Waals surface area contributed by atoms with Gasteiger partial charge < -0.3 is 14.8 Å². The molecule has 3 rings (SSSR count). The van der Waals surface area contributed by atoms with Crippen molar-refractivity contribution in [2.45, 2.75) is 13.1 Å². The Morgan fingerprint density at radius 3 is 2.53 bits per heavy atom. The Kier molecular flexibility index (Phi) is 3.89. The molecule has 0 unspecified atom stereocenters. The van der Waals surface area contributed by atoms with E-state index in [4.69, 9.17) is 9.47 Å². The lowest BCUT2D eigenvalue weighted by molar-refractivity contribution is 0.174. The molecule has 1 N–H and O–H groups in total. The smallest absolute Gasteiger partial charge is 0.231 e. The van der Waals surface area contributed by atoms with Crippen molar-refractivity contribution >= 4 is 22.6 Å². The topological polar surface area (TPSA) is 30.5 Å². The van der Waals surface area contributed by atoms with Gasteiger partial charge in [0.2, 0.25) is 6.79 Å². The molecule has 98 valence electrons. The number of hydrogen-bond acceptors (Lipinski definition) is 3. The maximum absolute atomic E-state index is 5.41. The summed E-state index contributed by atoms with van der Waals surface area (Å²) in [6.45, 7) is 2.02. The summed E-state index contributed by atoms with van der Waals surface area (Å²) in [5.74, 6) is 1.69. The van der Waals surface area contributed by atoms with E-state index in [1.54, 1.807) is 0 Å². The molecule has 0 aliphatic carbocycles. The lowest BCUT2D eigenvalue weighted by Gasteiger charge is -2.08. The third kappa shape index (κ3) is 3.01. The van der Waals surface area contributed by atoms with Crippen LogP contribution in [0.25, 0.3) is 0 Å². The lowest BCUT2D eigenvalue weighted by Crippen LogP contribution is -2.13. The highest BCUT2D eigenvalue weighted by Crippen LogP contribution is 2.35. The summed E-state index contributed by atoms with van der Waals surface area (Å²) in [6.07, 6.45) is 0. The van der Waals surface area contributed by atoms with E-state index < -0.39 is 0 Å². The Balaban J connectivity index is 1.64. The number of nitrogens with one attached hydrogen (secondary N) is 1. The summed E-state index contributed by atoms with van der Waals surface area (Å²) < 4.78 is 12.0. The zero-order valence-electron chi connectivity index (χ0n) is 10.4. The number of benzene rings is 2. The van der Waals surface area contributed by atoms with Crippen molar-refractivity contribution in [3.8, 4) is 11.5 Å². The molecule has 1 aliphatic heterocycles. The Hall–Kier alpha value is -1.27. The summed E-state index contributed by atoms with van der Waals surface area (Å²) in [5, 5.41) is 3.45. The van der Waals surface area contributed by atoms with E-state index in [1.165, 1.54) is 14.7 Å². The van der Waals surface area contributed by atoms with Gasteiger partial charge in [-0.05, 0) is 45.9 Å². The van der Waals surface area contributed by atoms with Crippen LogP contribution < -0.4 is 14.8 Å². The Morgan fingerprint density at radius 1 is 1.00 bits per heavy atom. The Labute approximate surface area is 126 Å². The quantitative estimate of drug-likeness (QED) is 0.842. The molecule has 2 aromatic carbocycles. The van der Waals surface area contributed by atoms with Crippen LogP contribution in [0, 0.1) is 3.57 Å². The van der Waals surface area contributed by atoms with Gasteiger partial charge in [0.05, 0.1) is 0 Å². The summed E-state index contributed by atoms with van der Waals surface area (Å²) in [7, 11) is 0. The van der Waals surface area contributed by atoms with Crippen LogP contribution >= 0.6 is 22.6 Å². The molecule has 4 heteroatoms. The van der Waals surface area contributed by atoms with Crippen molar-refractivity contribution in [1.29, 1.82) is 0 Å². The van der Waals surface area contributed by atoms with E-state index in [0.29, 0.717) is 6.79 Å². The molecule has 0 atom stereocenters. The molecular weight excluding hydrogens is 353 g/mol. The molecular formula is C15H14INO2. The van der Waals surface area contributed by atoms with Crippen LogP contribution in [0.2, 0.25) is 0 Å². The zero-order chi connectivity index (χ0) is 13.1. The normalized spacial score (nSPS) is 12.7. The van der Waals surface area contributed by atoms with Crippen LogP contribution in [-0.4, -0.2) is 6.79 Å². The largest absolute Gasteiger partial charge is 0.454 e. The fourth-order valence-corrected chi connectivity index (χ4v) is 2.66. The molecule has 0 spiro atoms. The Morgan fingerprint density at radius 2 is 1.74 bits per heavy atom. The minimum Gasteiger partial charge on any atom is -0.454 e. The van der Waals surface area contributed by atoms with Crippen molar-refractivity contribution in [2.24, 2.45) is 0 Å². The van der Waals surface area contributed by atoms with Crippen molar-refractivity contribution in [2.75, 3.05) is 6.79 Å². The van der Waals surface area contributed by atoms with Gasteiger partial charge in [0.1, 0.15) is 0 Å². The highest BCUT2D eigenvalue weighted by atomic mass is 127. The van der Waals surface area contributed by atoms with E-state index in [0.717, 1.165) is 24.6 Å². The number of ether oxygens (including phenoxy) is 2. The summed E-state index contributed by atoms with van der Waals surface area (Å²) in [4.78, 5) is 0. The molecule has 0 amide bonds. The van der Waals surface area contributed by atoms with Gasteiger partial charge >= 0.3 is 0 Å². The highest BCUT2D eigenvalue weighted by molar-refractivity contribution is 14.1. The van der Waals surface area contributed by atoms with Crippen molar-refractivity contribution in [3.63, 3.8) is 0 Å². The van der Waals surface area contributed by atoms with E-state index >= 15 is 0 Å². The first-order chi connectivity index (χ1) is 9.33. The molecule has 3 nitrogen and oxygen atoms in total. The first-order valence-corrected chi connectivity index (χ1v) is 7.23. The SMILES string of the molecule is Ic1cc2c(cc1CNCc1ccccc1)OCO2. The first-order valence-electron chi connectivity index (χ1n) is 6.15. The van der Waals surface area contributed by atoms with Crippen molar-refractivity contribution in [1.82, 2.24) is 5.32 Å². The lowest BCUT2D eigenvalue weighted by atomic mass is 10.2. The van der Waals surface area contributed by atoms with Crippen molar-refractivity contribution in [3.05, 3.63) is 57.2 Å². The van der Waals surface area contributed by atoms with Gasteiger partial charge in [0.15, 0.2) is 11.5 Å². The van der Waals surface area contributed by atoms with Gasteiger partial charge in [-0.1, -0.05) is 30.3 Å². The average Bonchev–Trinajstić information content (AvgIpc) is 2.87. The second-order valence-corrected chi connectivity index (χ2v) is 5.55. The molecule has 1 aliphatic rings. The molecule has 2 aromatic rings. The van der Waals surface area contributed by atoms with Crippen LogP contribution in [0.5, 0.6) is 11.5 Å². The fourth-order valence-electron chi connectivity index (χ4n) is 2.03. The van der Waals surface area contributed by atoms with Gasteiger partial charge in [0, 0.05) is 16.7 Å². The summed E-state index contributed by atoms with van der Waals surface area (Å²) in [5.41, 5.74) is 2.53. The van der Waals surface area contributed by atoms with Gasteiger partial charge in [-0.2, -0.15) is 0 Å². The molecule has 0 bridgehead atoms. The minimum atomic E-state index is 0.326. The maximum atomic E-state index is 5.41. The molecule has 0 fully saturated rings. The fraction of sp³-hybridized carbons (Fsp3) is 0.200. The van der Waals surface area contributed by atoms with Gasteiger partial charge in [-0.15, -0.1) is 0 Å². The number of hydrogen-bond donors (Lipinski definition) is 1. The molecule has 0 aromatic heterocycles. The predicted octanol–water partition coefficient (Wildman–Crippen LogP) is 3.31. The van der Waals surface area contributed by atoms with E-state index in [1.807, 2.05) is 12.1 Å². The number of rotatable bonds is 4. The summed E-state index contributed by atoms with van der Waals surface area (Å²) >= 11 is 2.33. The van der Waals surface area contributed by atoms with Crippen LogP contribution in [0.15, 0.2) is 42.5 Å². The number of fused-ring (bicyclic) bond motifs is 1. The van der Waals surface area contributed by atoms with Crippen molar-refractivity contribution < 1.29 is 9.47 Å². The third-order valence-electron chi connectivity index (χ3n) is 3.03. The second-order valence-electron chi connectivity index (χ2n) is 4.39.